The number of rotatable bonds is 6. The first-order chi connectivity index (χ1) is 14.5. The van der Waals surface area contributed by atoms with Gasteiger partial charge in [-0.25, -0.2) is 4.79 Å². The normalized spacial score (nSPS) is 30.5. The van der Waals surface area contributed by atoms with E-state index in [9.17, 15) is 18.0 Å². The minimum Gasteiger partial charge on any atom is -0.467 e. The van der Waals surface area contributed by atoms with Crippen LogP contribution in [0, 0.1) is 5.92 Å². The van der Waals surface area contributed by atoms with Gasteiger partial charge in [-0.15, -0.1) is 0 Å². The quantitative estimate of drug-likeness (QED) is 0.508. The zero-order chi connectivity index (χ0) is 22.9. The van der Waals surface area contributed by atoms with Crippen molar-refractivity contribution in [3.05, 3.63) is 35.9 Å². The largest absolute Gasteiger partial charge is 0.467 e. The Morgan fingerprint density at radius 2 is 1.87 bits per heavy atom. The topological polar surface area (TPSA) is 117 Å². The molecular formula is C21H29NO8S. The number of benzene rings is 1. The Hall–Kier alpha value is -2.01. The third kappa shape index (κ3) is 5.43. The van der Waals surface area contributed by atoms with Crippen molar-refractivity contribution in [3.8, 4) is 0 Å². The summed E-state index contributed by atoms with van der Waals surface area (Å²) in [4.78, 5) is 26.1. The molecule has 1 amide bonds. The molecule has 0 radical (unpaired) electrons. The molecule has 1 N–H and O–H groups in total. The molecule has 1 aliphatic carbocycles. The molecule has 0 aromatic heterocycles. The SMILES string of the molecule is COC(=O)[C@]1(NC(=O)c2ccccc2)CC[C@@H](OS(C)(=O)=O)C[C@H]1[C@H]1COC(C)(C)O1. The number of hydrogen-bond acceptors (Lipinski definition) is 8. The van der Waals surface area contributed by atoms with Gasteiger partial charge in [0.1, 0.15) is 5.54 Å². The second-order valence-corrected chi connectivity index (χ2v) is 10.1. The standard InChI is InChI=1S/C21H29NO8S/c1-20(2)28-13-17(29-20)16-12-15(30-31(4,25)26)10-11-21(16,19(24)27-3)22-18(23)14-8-6-5-7-9-14/h5-9,15-17H,10-13H2,1-4H3,(H,22,23)/t15-,16+,17-,21+/m1/s1. The fourth-order valence-corrected chi connectivity index (χ4v) is 5.07. The molecule has 2 fully saturated rings. The van der Waals surface area contributed by atoms with E-state index in [1.807, 2.05) is 0 Å². The van der Waals surface area contributed by atoms with E-state index in [1.165, 1.54) is 7.11 Å². The minimum atomic E-state index is -3.70. The van der Waals surface area contributed by atoms with E-state index in [1.54, 1.807) is 44.2 Å². The summed E-state index contributed by atoms with van der Waals surface area (Å²) in [7, 11) is -2.44. The van der Waals surface area contributed by atoms with Gasteiger partial charge in [0, 0.05) is 11.5 Å². The van der Waals surface area contributed by atoms with Crippen molar-refractivity contribution in [2.75, 3.05) is 20.0 Å². The van der Waals surface area contributed by atoms with Crippen molar-refractivity contribution in [3.63, 3.8) is 0 Å². The number of ether oxygens (including phenoxy) is 3. The van der Waals surface area contributed by atoms with Crippen molar-refractivity contribution in [1.29, 1.82) is 0 Å². The van der Waals surface area contributed by atoms with Crippen molar-refractivity contribution in [2.24, 2.45) is 5.92 Å². The number of amides is 1. The highest BCUT2D eigenvalue weighted by Crippen LogP contribution is 2.43. The molecule has 1 heterocycles. The number of nitrogens with one attached hydrogen (secondary N) is 1. The maximum Gasteiger partial charge on any atom is 0.331 e. The highest BCUT2D eigenvalue weighted by Gasteiger charge is 2.57. The summed E-state index contributed by atoms with van der Waals surface area (Å²) in [6.07, 6.45) is 0.296. The molecule has 4 atom stereocenters. The van der Waals surface area contributed by atoms with Crippen LogP contribution in [-0.4, -0.2) is 63.8 Å². The van der Waals surface area contributed by atoms with E-state index in [4.69, 9.17) is 18.4 Å². The number of carbonyl (C=O) groups excluding carboxylic acids is 2. The summed E-state index contributed by atoms with van der Waals surface area (Å²) in [6.45, 7) is 3.69. The van der Waals surface area contributed by atoms with Gasteiger partial charge in [-0.3, -0.25) is 8.98 Å². The van der Waals surface area contributed by atoms with Gasteiger partial charge in [0.25, 0.3) is 16.0 Å². The summed E-state index contributed by atoms with van der Waals surface area (Å²) in [5.41, 5.74) is -1.03. The van der Waals surface area contributed by atoms with Crippen LogP contribution in [0.4, 0.5) is 0 Å². The van der Waals surface area contributed by atoms with Gasteiger partial charge in [0.2, 0.25) is 0 Å². The van der Waals surface area contributed by atoms with Crippen LogP contribution >= 0.6 is 0 Å². The average Bonchev–Trinajstić information content (AvgIpc) is 3.07. The highest BCUT2D eigenvalue weighted by molar-refractivity contribution is 7.86. The molecule has 0 spiro atoms. The van der Waals surface area contributed by atoms with E-state index >= 15 is 0 Å². The fourth-order valence-electron chi connectivity index (χ4n) is 4.40. The summed E-state index contributed by atoms with van der Waals surface area (Å²) in [5.74, 6) is -2.56. The zero-order valence-electron chi connectivity index (χ0n) is 18.1. The van der Waals surface area contributed by atoms with Gasteiger partial charge in [-0.1, -0.05) is 18.2 Å². The fraction of sp³-hybridized carbons (Fsp3) is 0.619. The third-order valence-corrected chi connectivity index (χ3v) is 6.34. The maximum atomic E-state index is 13.1. The second kappa shape index (κ2) is 8.85. The molecule has 3 rings (SSSR count). The summed E-state index contributed by atoms with van der Waals surface area (Å²) < 4.78 is 45.4. The smallest absolute Gasteiger partial charge is 0.331 e. The van der Waals surface area contributed by atoms with Gasteiger partial charge in [0.15, 0.2) is 5.79 Å². The predicted octanol–water partition coefficient (Wildman–Crippen LogP) is 1.62. The van der Waals surface area contributed by atoms with Crippen LogP contribution in [0.3, 0.4) is 0 Å². The molecule has 1 aliphatic heterocycles. The molecule has 1 aromatic rings. The lowest BCUT2D eigenvalue weighted by Crippen LogP contribution is -2.65. The number of esters is 1. The van der Waals surface area contributed by atoms with Gasteiger partial charge in [0.05, 0.1) is 32.2 Å². The lowest BCUT2D eigenvalue weighted by Gasteiger charge is -2.46. The number of methoxy groups -OCH3 is 1. The van der Waals surface area contributed by atoms with Crippen LogP contribution in [0.15, 0.2) is 30.3 Å². The molecule has 31 heavy (non-hydrogen) atoms. The first-order valence-electron chi connectivity index (χ1n) is 10.1. The van der Waals surface area contributed by atoms with Crippen molar-refractivity contribution in [1.82, 2.24) is 5.32 Å². The molecule has 0 bridgehead atoms. The lowest BCUT2D eigenvalue weighted by atomic mass is 9.68. The zero-order valence-corrected chi connectivity index (χ0v) is 18.9. The van der Waals surface area contributed by atoms with Crippen LogP contribution < -0.4 is 5.32 Å². The summed E-state index contributed by atoms with van der Waals surface area (Å²) >= 11 is 0. The Kier molecular flexibility index (Phi) is 6.75. The Morgan fingerprint density at radius 1 is 1.19 bits per heavy atom. The van der Waals surface area contributed by atoms with Crippen LogP contribution in [0.5, 0.6) is 0 Å². The average molecular weight is 456 g/mol. The van der Waals surface area contributed by atoms with E-state index in [0.29, 0.717) is 5.56 Å². The molecule has 10 heteroatoms. The van der Waals surface area contributed by atoms with Gasteiger partial charge in [-0.05, 0) is 45.2 Å². The first-order valence-corrected chi connectivity index (χ1v) is 11.9. The van der Waals surface area contributed by atoms with Crippen LogP contribution in [0.1, 0.15) is 43.5 Å². The molecule has 1 saturated carbocycles. The second-order valence-electron chi connectivity index (χ2n) is 8.45. The van der Waals surface area contributed by atoms with E-state index < -0.39 is 51.4 Å². The maximum absolute atomic E-state index is 13.1. The van der Waals surface area contributed by atoms with Crippen LogP contribution in [-0.2, 0) is 33.3 Å². The Labute approximate surface area is 182 Å². The molecule has 172 valence electrons. The molecule has 0 unspecified atom stereocenters. The number of carbonyl (C=O) groups is 2. The molecule has 2 aliphatic rings. The summed E-state index contributed by atoms with van der Waals surface area (Å²) in [5, 5.41) is 2.88. The van der Waals surface area contributed by atoms with E-state index in [0.717, 1.165) is 6.26 Å². The third-order valence-electron chi connectivity index (χ3n) is 5.72. The first kappa shape index (κ1) is 23.6. The number of hydrogen-bond donors (Lipinski definition) is 1. The van der Waals surface area contributed by atoms with E-state index in [-0.39, 0.29) is 25.9 Å². The highest BCUT2D eigenvalue weighted by atomic mass is 32.2. The van der Waals surface area contributed by atoms with Crippen molar-refractivity contribution >= 4 is 22.0 Å². The molecule has 1 aromatic carbocycles. The van der Waals surface area contributed by atoms with Crippen LogP contribution in [0.25, 0.3) is 0 Å². The summed E-state index contributed by atoms with van der Waals surface area (Å²) in [6, 6.07) is 8.53. The van der Waals surface area contributed by atoms with Gasteiger partial charge < -0.3 is 19.5 Å². The Morgan fingerprint density at radius 3 is 2.42 bits per heavy atom. The van der Waals surface area contributed by atoms with Crippen molar-refractivity contribution in [2.45, 2.75) is 56.6 Å². The lowest BCUT2D eigenvalue weighted by molar-refractivity contribution is -0.168. The monoisotopic (exact) mass is 455 g/mol. The Balaban J connectivity index is 1.97. The molecule has 1 saturated heterocycles. The van der Waals surface area contributed by atoms with Crippen molar-refractivity contribution < 1.29 is 36.4 Å². The molecular weight excluding hydrogens is 426 g/mol. The van der Waals surface area contributed by atoms with Crippen LogP contribution in [0.2, 0.25) is 0 Å². The molecule has 9 nitrogen and oxygen atoms in total. The minimum absolute atomic E-state index is 0.128. The Bertz CT molecular complexity index is 917. The predicted molar refractivity (Wildman–Crippen MR) is 111 cm³/mol. The van der Waals surface area contributed by atoms with E-state index in [2.05, 4.69) is 5.32 Å². The van der Waals surface area contributed by atoms with Gasteiger partial charge in [-0.2, -0.15) is 8.42 Å². The van der Waals surface area contributed by atoms with Gasteiger partial charge >= 0.3 is 5.97 Å².